The molecule has 0 aliphatic carbocycles. The van der Waals surface area contributed by atoms with E-state index >= 15 is 0 Å². The van der Waals surface area contributed by atoms with E-state index in [2.05, 4.69) is 32.3 Å². The number of benzene rings is 2. The Hall–Kier alpha value is -2.62. The monoisotopic (exact) mass is 411 g/mol. The lowest BCUT2D eigenvalue weighted by molar-refractivity contribution is 0.415. The minimum atomic E-state index is 0.488. The third kappa shape index (κ3) is 4.27. The van der Waals surface area contributed by atoms with E-state index in [1.807, 2.05) is 53.9 Å². The zero-order valence-corrected chi connectivity index (χ0v) is 15.8. The number of aromatic nitrogens is 1. The summed E-state index contributed by atoms with van der Waals surface area (Å²) in [7, 11) is 1.63. The number of hydrogen-bond donors (Lipinski definition) is 1. The number of halogens is 1. The van der Waals surface area contributed by atoms with Gasteiger partial charge in [0, 0.05) is 27.3 Å². The Labute approximate surface area is 158 Å². The number of allylic oxidation sites excluding steroid dienone is 1. The number of thiazole rings is 1. The van der Waals surface area contributed by atoms with Crippen molar-refractivity contribution in [1.29, 1.82) is 5.26 Å². The number of anilines is 1. The zero-order chi connectivity index (χ0) is 17.6. The number of methoxy groups -OCH3 is 1. The van der Waals surface area contributed by atoms with Crippen molar-refractivity contribution in [2.24, 2.45) is 0 Å². The predicted molar refractivity (Wildman–Crippen MR) is 105 cm³/mol. The normalized spacial score (nSPS) is 11.0. The highest BCUT2D eigenvalue weighted by molar-refractivity contribution is 9.10. The third-order valence-electron chi connectivity index (χ3n) is 3.45. The molecule has 3 rings (SSSR count). The zero-order valence-electron chi connectivity index (χ0n) is 13.4. The molecule has 0 bridgehead atoms. The molecule has 25 heavy (non-hydrogen) atoms. The van der Waals surface area contributed by atoms with Gasteiger partial charge in [-0.05, 0) is 36.4 Å². The van der Waals surface area contributed by atoms with Crippen molar-refractivity contribution in [3.05, 3.63) is 69.6 Å². The summed E-state index contributed by atoms with van der Waals surface area (Å²) in [5, 5.41) is 15.2. The van der Waals surface area contributed by atoms with Gasteiger partial charge in [0.2, 0.25) is 0 Å². The fourth-order valence-corrected chi connectivity index (χ4v) is 3.36. The Morgan fingerprint density at radius 1 is 1.28 bits per heavy atom. The van der Waals surface area contributed by atoms with Gasteiger partial charge < -0.3 is 10.1 Å². The summed E-state index contributed by atoms with van der Waals surface area (Å²) in [6.07, 6.45) is 1.67. The van der Waals surface area contributed by atoms with Crippen LogP contribution in [0.4, 0.5) is 5.69 Å². The molecule has 0 aliphatic rings. The highest BCUT2D eigenvalue weighted by Gasteiger charge is 2.09. The lowest BCUT2D eigenvalue weighted by atomic mass is 10.2. The van der Waals surface area contributed by atoms with Gasteiger partial charge in [0.1, 0.15) is 22.4 Å². The van der Waals surface area contributed by atoms with E-state index in [0.29, 0.717) is 10.6 Å². The van der Waals surface area contributed by atoms with Crippen molar-refractivity contribution in [2.45, 2.75) is 0 Å². The molecule has 0 saturated carbocycles. The summed E-state index contributed by atoms with van der Waals surface area (Å²) in [5.74, 6) is 0.786. The number of ether oxygens (including phenoxy) is 1. The Morgan fingerprint density at radius 2 is 2.08 bits per heavy atom. The standard InChI is InChI=1S/C19H14BrN3OS/c1-24-17-7-5-16(6-8-17)22-11-14(10-21)19-23-18(12-25-19)13-3-2-4-15(20)9-13/h2-9,11-12,22H,1H3/b14-11+. The lowest BCUT2D eigenvalue weighted by Gasteiger charge is -2.03. The highest BCUT2D eigenvalue weighted by Crippen LogP contribution is 2.27. The van der Waals surface area contributed by atoms with Gasteiger partial charge in [-0.1, -0.05) is 28.1 Å². The molecule has 0 atom stereocenters. The van der Waals surface area contributed by atoms with Crippen LogP contribution in [0.1, 0.15) is 5.01 Å². The molecule has 6 heteroatoms. The predicted octanol–water partition coefficient (Wildman–Crippen LogP) is 5.56. The molecule has 124 valence electrons. The molecule has 3 aromatic rings. The molecule has 1 N–H and O–H groups in total. The Morgan fingerprint density at radius 3 is 2.76 bits per heavy atom. The van der Waals surface area contributed by atoms with Crippen LogP contribution < -0.4 is 10.1 Å². The van der Waals surface area contributed by atoms with Gasteiger partial charge in [-0.2, -0.15) is 5.26 Å². The maximum absolute atomic E-state index is 9.44. The van der Waals surface area contributed by atoms with Crippen molar-refractivity contribution in [2.75, 3.05) is 12.4 Å². The van der Waals surface area contributed by atoms with Gasteiger partial charge in [-0.25, -0.2) is 4.98 Å². The van der Waals surface area contributed by atoms with Crippen molar-refractivity contribution < 1.29 is 4.74 Å². The van der Waals surface area contributed by atoms with Gasteiger partial charge >= 0.3 is 0 Å². The largest absolute Gasteiger partial charge is 0.497 e. The number of nitriles is 1. The van der Waals surface area contributed by atoms with Crippen molar-refractivity contribution >= 4 is 38.5 Å². The second-order valence-electron chi connectivity index (χ2n) is 5.09. The maximum atomic E-state index is 9.44. The van der Waals surface area contributed by atoms with E-state index in [0.717, 1.165) is 27.2 Å². The number of nitrogens with zero attached hydrogens (tertiary/aromatic N) is 2. The summed E-state index contributed by atoms with van der Waals surface area (Å²) >= 11 is 4.91. The first-order valence-electron chi connectivity index (χ1n) is 7.42. The average Bonchev–Trinajstić information content (AvgIpc) is 3.13. The quantitative estimate of drug-likeness (QED) is 0.558. The summed E-state index contributed by atoms with van der Waals surface area (Å²) in [6.45, 7) is 0. The van der Waals surface area contributed by atoms with Gasteiger partial charge in [-0.15, -0.1) is 11.3 Å². The van der Waals surface area contributed by atoms with Crippen LogP contribution in [-0.2, 0) is 0 Å². The summed E-state index contributed by atoms with van der Waals surface area (Å²) < 4.78 is 6.13. The summed E-state index contributed by atoms with van der Waals surface area (Å²) in [6, 6.07) is 17.6. The fraction of sp³-hybridized carbons (Fsp3) is 0.0526. The minimum Gasteiger partial charge on any atom is -0.497 e. The van der Waals surface area contributed by atoms with E-state index in [-0.39, 0.29) is 0 Å². The highest BCUT2D eigenvalue weighted by atomic mass is 79.9. The molecule has 0 spiro atoms. The smallest absolute Gasteiger partial charge is 0.136 e. The van der Waals surface area contributed by atoms with Gasteiger partial charge in [0.15, 0.2) is 0 Å². The molecule has 1 aromatic heterocycles. The van der Waals surface area contributed by atoms with Crippen LogP contribution in [0.2, 0.25) is 0 Å². The Kier molecular flexibility index (Phi) is 5.49. The number of hydrogen-bond acceptors (Lipinski definition) is 5. The molecule has 0 radical (unpaired) electrons. The van der Waals surface area contributed by atoms with E-state index in [4.69, 9.17) is 4.74 Å². The van der Waals surface area contributed by atoms with Crippen LogP contribution in [0.25, 0.3) is 16.8 Å². The van der Waals surface area contributed by atoms with Gasteiger partial charge in [0.05, 0.1) is 12.8 Å². The SMILES string of the molecule is COc1ccc(N/C=C(\C#N)c2nc(-c3cccc(Br)c3)cs2)cc1. The van der Waals surface area contributed by atoms with E-state index < -0.39 is 0 Å². The average molecular weight is 412 g/mol. The van der Waals surface area contributed by atoms with E-state index in [9.17, 15) is 5.26 Å². The maximum Gasteiger partial charge on any atom is 0.136 e. The lowest BCUT2D eigenvalue weighted by Crippen LogP contribution is -1.91. The Balaban J connectivity index is 1.80. The number of nitrogens with one attached hydrogen (secondary N) is 1. The van der Waals surface area contributed by atoms with Crippen molar-refractivity contribution in [3.63, 3.8) is 0 Å². The first kappa shape index (κ1) is 17.2. The molecular weight excluding hydrogens is 398 g/mol. The molecule has 0 saturated heterocycles. The van der Waals surface area contributed by atoms with Crippen LogP contribution in [0.3, 0.4) is 0 Å². The molecule has 4 nitrogen and oxygen atoms in total. The van der Waals surface area contributed by atoms with Crippen LogP contribution in [0.5, 0.6) is 5.75 Å². The molecular formula is C19H14BrN3OS. The molecule has 2 aromatic carbocycles. The van der Waals surface area contributed by atoms with Crippen LogP contribution >= 0.6 is 27.3 Å². The molecule has 0 aliphatic heterocycles. The first-order chi connectivity index (χ1) is 12.2. The van der Waals surface area contributed by atoms with Crippen molar-refractivity contribution in [1.82, 2.24) is 4.98 Å². The van der Waals surface area contributed by atoms with Crippen LogP contribution in [0.15, 0.2) is 64.6 Å². The fourth-order valence-electron chi connectivity index (χ4n) is 2.16. The topological polar surface area (TPSA) is 57.9 Å². The number of rotatable bonds is 5. The second-order valence-corrected chi connectivity index (χ2v) is 6.86. The van der Waals surface area contributed by atoms with E-state index in [1.54, 1.807) is 13.3 Å². The molecule has 0 unspecified atom stereocenters. The summed E-state index contributed by atoms with van der Waals surface area (Å²) in [4.78, 5) is 4.58. The third-order valence-corrected chi connectivity index (χ3v) is 4.82. The van der Waals surface area contributed by atoms with Gasteiger partial charge in [0.25, 0.3) is 0 Å². The molecule has 0 amide bonds. The van der Waals surface area contributed by atoms with E-state index in [1.165, 1.54) is 11.3 Å². The second kappa shape index (κ2) is 7.97. The summed E-state index contributed by atoms with van der Waals surface area (Å²) in [5.41, 5.74) is 3.23. The first-order valence-corrected chi connectivity index (χ1v) is 9.09. The Bertz CT molecular complexity index is 942. The van der Waals surface area contributed by atoms with Crippen molar-refractivity contribution in [3.8, 4) is 23.1 Å². The van der Waals surface area contributed by atoms with Gasteiger partial charge in [-0.3, -0.25) is 0 Å². The van der Waals surface area contributed by atoms with Crippen LogP contribution in [0, 0.1) is 11.3 Å². The van der Waals surface area contributed by atoms with Crippen LogP contribution in [-0.4, -0.2) is 12.1 Å². The minimum absolute atomic E-state index is 0.488. The molecule has 0 fully saturated rings. The molecule has 1 heterocycles.